The minimum Gasteiger partial charge on any atom is -0.454 e. The van der Waals surface area contributed by atoms with Gasteiger partial charge < -0.3 is 14.8 Å². The fourth-order valence-electron chi connectivity index (χ4n) is 2.01. The predicted molar refractivity (Wildman–Crippen MR) is 72.4 cm³/mol. The van der Waals surface area contributed by atoms with Crippen molar-refractivity contribution < 1.29 is 13.9 Å². The van der Waals surface area contributed by atoms with Gasteiger partial charge in [-0.15, -0.1) is 0 Å². The van der Waals surface area contributed by atoms with Crippen molar-refractivity contribution in [3.05, 3.63) is 29.7 Å². The molecule has 0 bridgehead atoms. The maximum absolute atomic E-state index is 13.9. The lowest BCUT2D eigenvalue weighted by molar-refractivity contribution is 0.174. The molecule has 0 aliphatic carbocycles. The highest BCUT2D eigenvalue weighted by Gasteiger charge is 2.17. The first kappa shape index (κ1) is 12.7. The zero-order valence-electron chi connectivity index (χ0n) is 11.2. The van der Waals surface area contributed by atoms with E-state index < -0.39 is 5.82 Å². The Hall–Kier alpha value is -2.37. The molecular weight excluding hydrogens is 261 g/mol. The number of hydrogen-bond donors (Lipinski definition) is 1. The first-order valence-electron chi connectivity index (χ1n) is 6.37. The second-order valence-electron chi connectivity index (χ2n) is 4.39. The third kappa shape index (κ3) is 2.13. The fraction of sp³-hybridized carbons (Fsp3) is 0.286. The normalized spacial score (nSPS) is 12.6. The van der Waals surface area contributed by atoms with Crippen LogP contribution in [0.2, 0.25) is 0 Å². The second kappa shape index (κ2) is 4.96. The van der Waals surface area contributed by atoms with Crippen molar-refractivity contribution in [1.29, 1.82) is 0 Å². The second-order valence-corrected chi connectivity index (χ2v) is 4.39. The van der Waals surface area contributed by atoms with Crippen molar-refractivity contribution in [3.63, 3.8) is 0 Å². The number of aromatic nitrogens is 2. The van der Waals surface area contributed by atoms with Crippen LogP contribution in [0.25, 0.3) is 11.4 Å². The van der Waals surface area contributed by atoms with E-state index in [1.54, 1.807) is 19.1 Å². The third-order valence-electron chi connectivity index (χ3n) is 2.99. The molecule has 0 fully saturated rings. The van der Waals surface area contributed by atoms with Gasteiger partial charge in [-0.1, -0.05) is 0 Å². The topological polar surface area (TPSA) is 56.3 Å². The number of nitrogens with one attached hydrogen (secondary N) is 1. The summed E-state index contributed by atoms with van der Waals surface area (Å²) in [5.74, 6) is 1.60. The first-order chi connectivity index (χ1) is 9.69. The highest BCUT2D eigenvalue weighted by Crippen LogP contribution is 2.35. The van der Waals surface area contributed by atoms with Crippen molar-refractivity contribution in [3.8, 4) is 22.9 Å². The van der Waals surface area contributed by atoms with E-state index in [1.165, 1.54) is 0 Å². The molecule has 0 saturated carbocycles. The van der Waals surface area contributed by atoms with Crippen molar-refractivity contribution >= 4 is 5.82 Å². The SMILES string of the molecule is CCNc1nc(-c2ccc3c(c2)OCO3)nc(C)c1F. The molecule has 0 unspecified atom stereocenters. The maximum Gasteiger partial charge on any atom is 0.231 e. The minimum atomic E-state index is -0.420. The van der Waals surface area contributed by atoms with Gasteiger partial charge in [0.25, 0.3) is 0 Å². The van der Waals surface area contributed by atoms with Crippen LogP contribution >= 0.6 is 0 Å². The van der Waals surface area contributed by atoms with E-state index in [4.69, 9.17) is 9.47 Å². The number of anilines is 1. The van der Waals surface area contributed by atoms with E-state index in [9.17, 15) is 4.39 Å². The van der Waals surface area contributed by atoms with Gasteiger partial charge in [0.1, 0.15) is 0 Å². The molecule has 0 atom stereocenters. The summed E-state index contributed by atoms with van der Waals surface area (Å²) in [7, 11) is 0. The number of benzene rings is 1. The van der Waals surface area contributed by atoms with E-state index in [0.717, 1.165) is 5.56 Å². The lowest BCUT2D eigenvalue weighted by Gasteiger charge is -2.09. The summed E-state index contributed by atoms with van der Waals surface area (Å²) in [5.41, 5.74) is 1.07. The van der Waals surface area contributed by atoms with Crippen LogP contribution in [-0.2, 0) is 0 Å². The monoisotopic (exact) mass is 275 g/mol. The van der Waals surface area contributed by atoms with Crippen LogP contribution in [0, 0.1) is 12.7 Å². The van der Waals surface area contributed by atoms with Crippen LogP contribution in [-0.4, -0.2) is 23.3 Å². The Morgan fingerprint density at radius 3 is 2.85 bits per heavy atom. The highest BCUT2D eigenvalue weighted by molar-refractivity contribution is 5.63. The molecule has 2 aromatic rings. The van der Waals surface area contributed by atoms with Crippen molar-refractivity contribution in [2.45, 2.75) is 13.8 Å². The quantitative estimate of drug-likeness (QED) is 0.933. The van der Waals surface area contributed by atoms with E-state index >= 15 is 0 Å². The van der Waals surface area contributed by atoms with Gasteiger partial charge in [-0.2, -0.15) is 0 Å². The number of rotatable bonds is 3. The van der Waals surface area contributed by atoms with E-state index in [-0.39, 0.29) is 12.6 Å². The van der Waals surface area contributed by atoms with Gasteiger partial charge in [0, 0.05) is 12.1 Å². The van der Waals surface area contributed by atoms with Gasteiger partial charge >= 0.3 is 0 Å². The van der Waals surface area contributed by atoms with Gasteiger partial charge in [0.2, 0.25) is 6.79 Å². The molecule has 3 rings (SSSR count). The van der Waals surface area contributed by atoms with Gasteiger partial charge in [0.05, 0.1) is 5.69 Å². The Labute approximate surface area is 115 Å². The highest BCUT2D eigenvalue weighted by atomic mass is 19.1. The predicted octanol–water partition coefficient (Wildman–Crippen LogP) is 2.75. The molecule has 1 aromatic heterocycles. The maximum atomic E-state index is 13.9. The lowest BCUT2D eigenvalue weighted by Crippen LogP contribution is -2.06. The standard InChI is InChI=1S/C14H14FN3O2/c1-3-16-14-12(15)8(2)17-13(18-14)9-4-5-10-11(6-9)20-7-19-10/h4-6H,3,7H2,1-2H3,(H,16,17,18). The summed E-state index contributed by atoms with van der Waals surface area (Å²) in [6.45, 7) is 4.31. The Morgan fingerprint density at radius 1 is 1.25 bits per heavy atom. The number of halogens is 1. The molecule has 0 saturated heterocycles. The molecule has 1 N–H and O–H groups in total. The summed E-state index contributed by atoms with van der Waals surface area (Å²) >= 11 is 0. The van der Waals surface area contributed by atoms with Crippen LogP contribution in [0.15, 0.2) is 18.2 Å². The number of ether oxygens (including phenoxy) is 2. The van der Waals surface area contributed by atoms with Crippen LogP contribution in [0.4, 0.5) is 10.2 Å². The molecule has 0 spiro atoms. The Kier molecular flexibility index (Phi) is 3.14. The summed E-state index contributed by atoms with van der Waals surface area (Å²) in [5, 5.41) is 2.90. The molecule has 0 amide bonds. The molecule has 0 radical (unpaired) electrons. The van der Waals surface area contributed by atoms with Gasteiger partial charge in [0.15, 0.2) is 29.0 Å². The average Bonchev–Trinajstić information content (AvgIpc) is 2.91. The van der Waals surface area contributed by atoms with E-state index in [2.05, 4.69) is 15.3 Å². The largest absolute Gasteiger partial charge is 0.454 e. The van der Waals surface area contributed by atoms with Gasteiger partial charge in [-0.05, 0) is 32.0 Å². The van der Waals surface area contributed by atoms with Gasteiger partial charge in [-0.25, -0.2) is 14.4 Å². The third-order valence-corrected chi connectivity index (χ3v) is 2.99. The van der Waals surface area contributed by atoms with Crippen LogP contribution in [0.3, 0.4) is 0 Å². The minimum absolute atomic E-state index is 0.213. The molecule has 104 valence electrons. The van der Waals surface area contributed by atoms with Crippen molar-refractivity contribution in [1.82, 2.24) is 9.97 Å². The number of nitrogens with zero attached hydrogens (tertiary/aromatic N) is 2. The molecule has 2 heterocycles. The summed E-state index contributed by atoms with van der Waals surface area (Å²) < 4.78 is 24.5. The molecule has 20 heavy (non-hydrogen) atoms. The summed E-state index contributed by atoms with van der Waals surface area (Å²) in [4.78, 5) is 8.41. The zero-order valence-corrected chi connectivity index (χ0v) is 11.2. The zero-order chi connectivity index (χ0) is 14.1. The lowest BCUT2D eigenvalue weighted by atomic mass is 10.2. The molecule has 6 heteroatoms. The Bertz CT molecular complexity index is 661. The molecule has 1 aliphatic rings. The van der Waals surface area contributed by atoms with Crippen LogP contribution < -0.4 is 14.8 Å². The average molecular weight is 275 g/mol. The first-order valence-corrected chi connectivity index (χ1v) is 6.37. The molecule has 5 nitrogen and oxygen atoms in total. The van der Waals surface area contributed by atoms with Crippen molar-refractivity contribution in [2.75, 3.05) is 18.7 Å². The molecular formula is C14H14FN3O2. The number of fused-ring (bicyclic) bond motifs is 1. The van der Waals surface area contributed by atoms with E-state index in [0.29, 0.717) is 29.6 Å². The van der Waals surface area contributed by atoms with Crippen LogP contribution in [0.1, 0.15) is 12.6 Å². The summed E-state index contributed by atoms with van der Waals surface area (Å²) in [6, 6.07) is 5.42. The molecule has 1 aromatic carbocycles. The summed E-state index contributed by atoms with van der Waals surface area (Å²) in [6.07, 6.45) is 0. The van der Waals surface area contributed by atoms with Gasteiger partial charge in [-0.3, -0.25) is 0 Å². The Balaban J connectivity index is 2.05. The number of aryl methyl sites for hydroxylation is 1. The van der Waals surface area contributed by atoms with Crippen LogP contribution in [0.5, 0.6) is 11.5 Å². The number of hydrogen-bond acceptors (Lipinski definition) is 5. The Morgan fingerprint density at radius 2 is 2.05 bits per heavy atom. The molecule has 1 aliphatic heterocycles. The van der Waals surface area contributed by atoms with Crippen molar-refractivity contribution in [2.24, 2.45) is 0 Å². The fourth-order valence-corrected chi connectivity index (χ4v) is 2.01. The van der Waals surface area contributed by atoms with E-state index in [1.807, 2.05) is 13.0 Å². The smallest absolute Gasteiger partial charge is 0.231 e.